The van der Waals surface area contributed by atoms with E-state index in [1.807, 2.05) is 24.3 Å². The molecule has 0 aromatic heterocycles. The molecule has 0 amide bonds. The predicted octanol–water partition coefficient (Wildman–Crippen LogP) is 3.76. The molecule has 0 aliphatic carbocycles. The molecule has 0 heterocycles. The smallest absolute Gasteiger partial charge is 0.137 e. The lowest BCUT2D eigenvalue weighted by Crippen LogP contribution is -2.07. The summed E-state index contributed by atoms with van der Waals surface area (Å²) in [6.07, 6.45) is 1.13. The van der Waals surface area contributed by atoms with Gasteiger partial charge in [0.25, 0.3) is 0 Å². The molecule has 13 heavy (non-hydrogen) atoms. The van der Waals surface area contributed by atoms with Gasteiger partial charge in [-0.3, -0.25) is 0 Å². The van der Waals surface area contributed by atoms with Crippen LogP contribution in [-0.2, 0) is 0 Å². The average Bonchev–Trinajstić information content (AvgIpc) is 2.16. The molecule has 2 heteroatoms. The van der Waals surface area contributed by atoms with Crippen molar-refractivity contribution in [3.8, 4) is 5.75 Å². The van der Waals surface area contributed by atoms with Crippen molar-refractivity contribution in [2.24, 2.45) is 5.92 Å². The van der Waals surface area contributed by atoms with Crippen LogP contribution in [0.1, 0.15) is 20.3 Å². The summed E-state index contributed by atoms with van der Waals surface area (Å²) < 4.78 is 5.56. The standard InChI is InChI=1S/C11H15ClO/c1-3-9(2)8-13-11-7-5-4-6-10(11)12/h4-7,9H,3,8H2,1-2H3. The Morgan fingerprint density at radius 1 is 1.38 bits per heavy atom. The van der Waals surface area contributed by atoms with Crippen molar-refractivity contribution in [3.05, 3.63) is 29.3 Å². The van der Waals surface area contributed by atoms with Gasteiger partial charge in [-0.25, -0.2) is 0 Å². The van der Waals surface area contributed by atoms with Crippen molar-refractivity contribution in [3.63, 3.8) is 0 Å². The fourth-order valence-corrected chi connectivity index (χ4v) is 1.10. The number of hydrogen-bond acceptors (Lipinski definition) is 1. The highest BCUT2D eigenvalue weighted by Crippen LogP contribution is 2.23. The summed E-state index contributed by atoms with van der Waals surface area (Å²) in [5, 5.41) is 0.686. The van der Waals surface area contributed by atoms with Crippen LogP contribution in [0.5, 0.6) is 5.75 Å². The summed E-state index contributed by atoms with van der Waals surface area (Å²) in [7, 11) is 0. The number of para-hydroxylation sites is 1. The van der Waals surface area contributed by atoms with E-state index in [9.17, 15) is 0 Å². The van der Waals surface area contributed by atoms with Crippen molar-refractivity contribution in [1.29, 1.82) is 0 Å². The van der Waals surface area contributed by atoms with Crippen LogP contribution in [0.4, 0.5) is 0 Å². The van der Waals surface area contributed by atoms with Crippen molar-refractivity contribution in [2.45, 2.75) is 20.3 Å². The first-order valence-electron chi connectivity index (χ1n) is 4.61. The Kier molecular flexibility index (Phi) is 4.10. The third kappa shape index (κ3) is 3.27. The van der Waals surface area contributed by atoms with E-state index in [0.717, 1.165) is 18.8 Å². The average molecular weight is 199 g/mol. The van der Waals surface area contributed by atoms with Gasteiger partial charge in [-0.2, -0.15) is 0 Å². The van der Waals surface area contributed by atoms with Gasteiger partial charge in [0.2, 0.25) is 0 Å². The molecule has 1 unspecified atom stereocenters. The molecule has 1 aromatic rings. The number of benzene rings is 1. The first kappa shape index (κ1) is 10.4. The minimum atomic E-state index is 0.580. The van der Waals surface area contributed by atoms with Crippen LogP contribution in [0.25, 0.3) is 0 Å². The molecule has 0 radical (unpaired) electrons. The number of hydrogen-bond donors (Lipinski definition) is 0. The molecule has 1 nitrogen and oxygen atoms in total. The van der Waals surface area contributed by atoms with E-state index in [1.165, 1.54) is 0 Å². The van der Waals surface area contributed by atoms with Crippen molar-refractivity contribution in [2.75, 3.05) is 6.61 Å². The summed E-state index contributed by atoms with van der Waals surface area (Å²) in [5.74, 6) is 1.36. The molecule has 72 valence electrons. The lowest BCUT2D eigenvalue weighted by atomic mass is 10.1. The van der Waals surface area contributed by atoms with Gasteiger partial charge in [-0.05, 0) is 18.1 Å². The molecule has 1 atom stereocenters. The fraction of sp³-hybridized carbons (Fsp3) is 0.455. The Labute approximate surface area is 84.7 Å². The van der Waals surface area contributed by atoms with Gasteiger partial charge < -0.3 is 4.74 Å². The summed E-state index contributed by atoms with van der Waals surface area (Å²) in [6, 6.07) is 7.56. The normalized spacial score (nSPS) is 12.5. The minimum absolute atomic E-state index is 0.580. The molecule has 0 bridgehead atoms. The third-order valence-corrected chi connectivity index (χ3v) is 2.37. The lowest BCUT2D eigenvalue weighted by Gasteiger charge is -2.11. The van der Waals surface area contributed by atoms with E-state index in [-0.39, 0.29) is 0 Å². The molecule has 0 saturated carbocycles. The van der Waals surface area contributed by atoms with Gasteiger partial charge in [0.05, 0.1) is 11.6 Å². The number of ether oxygens (including phenoxy) is 1. The van der Waals surface area contributed by atoms with E-state index in [0.29, 0.717) is 10.9 Å². The van der Waals surface area contributed by atoms with E-state index in [1.54, 1.807) is 0 Å². The SMILES string of the molecule is CCC(C)COc1ccccc1Cl. The monoisotopic (exact) mass is 198 g/mol. The first-order chi connectivity index (χ1) is 6.24. The zero-order chi connectivity index (χ0) is 9.68. The molecule has 1 rings (SSSR count). The second-order valence-electron chi connectivity index (χ2n) is 3.25. The van der Waals surface area contributed by atoms with E-state index < -0.39 is 0 Å². The molecule has 0 N–H and O–H groups in total. The van der Waals surface area contributed by atoms with Crippen LogP contribution in [0.3, 0.4) is 0 Å². The molecule has 1 aromatic carbocycles. The lowest BCUT2D eigenvalue weighted by molar-refractivity contribution is 0.257. The number of rotatable bonds is 4. The predicted molar refractivity (Wildman–Crippen MR) is 56.4 cm³/mol. The summed E-state index contributed by atoms with van der Waals surface area (Å²) in [5.41, 5.74) is 0. The Balaban J connectivity index is 2.50. The molecule has 0 spiro atoms. The summed E-state index contributed by atoms with van der Waals surface area (Å²) in [4.78, 5) is 0. The summed E-state index contributed by atoms with van der Waals surface area (Å²) >= 11 is 5.93. The van der Waals surface area contributed by atoms with Gasteiger partial charge in [-0.1, -0.05) is 44.0 Å². The highest BCUT2D eigenvalue weighted by atomic mass is 35.5. The maximum absolute atomic E-state index is 5.93. The molecule has 0 aliphatic heterocycles. The quantitative estimate of drug-likeness (QED) is 0.716. The van der Waals surface area contributed by atoms with Crippen molar-refractivity contribution >= 4 is 11.6 Å². The largest absolute Gasteiger partial charge is 0.492 e. The molecular formula is C11H15ClO. The van der Waals surface area contributed by atoms with Gasteiger partial charge >= 0.3 is 0 Å². The van der Waals surface area contributed by atoms with Crippen LogP contribution < -0.4 is 4.74 Å². The van der Waals surface area contributed by atoms with Gasteiger partial charge in [0.1, 0.15) is 5.75 Å². The number of halogens is 1. The minimum Gasteiger partial charge on any atom is -0.492 e. The highest BCUT2D eigenvalue weighted by Gasteiger charge is 2.02. The zero-order valence-corrected chi connectivity index (χ0v) is 8.84. The Hall–Kier alpha value is -0.690. The Bertz CT molecular complexity index is 260. The molecular weight excluding hydrogens is 184 g/mol. The third-order valence-electron chi connectivity index (χ3n) is 2.06. The van der Waals surface area contributed by atoms with Gasteiger partial charge in [0, 0.05) is 0 Å². The van der Waals surface area contributed by atoms with Crippen LogP contribution in [0.2, 0.25) is 5.02 Å². The second-order valence-corrected chi connectivity index (χ2v) is 3.66. The highest BCUT2D eigenvalue weighted by molar-refractivity contribution is 6.32. The topological polar surface area (TPSA) is 9.23 Å². The maximum Gasteiger partial charge on any atom is 0.137 e. The van der Waals surface area contributed by atoms with Crippen molar-refractivity contribution in [1.82, 2.24) is 0 Å². The van der Waals surface area contributed by atoms with E-state index >= 15 is 0 Å². The van der Waals surface area contributed by atoms with Gasteiger partial charge in [0.15, 0.2) is 0 Å². The van der Waals surface area contributed by atoms with Crippen LogP contribution in [0, 0.1) is 5.92 Å². The molecule has 0 saturated heterocycles. The van der Waals surface area contributed by atoms with Gasteiger partial charge in [-0.15, -0.1) is 0 Å². The van der Waals surface area contributed by atoms with E-state index in [2.05, 4.69) is 13.8 Å². The summed E-state index contributed by atoms with van der Waals surface area (Å²) in [6.45, 7) is 5.05. The Morgan fingerprint density at radius 3 is 2.69 bits per heavy atom. The molecule has 0 fully saturated rings. The second kappa shape index (κ2) is 5.13. The van der Waals surface area contributed by atoms with Crippen LogP contribution in [0.15, 0.2) is 24.3 Å². The zero-order valence-electron chi connectivity index (χ0n) is 8.09. The van der Waals surface area contributed by atoms with Crippen LogP contribution in [-0.4, -0.2) is 6.61 Å². The van der Waals surface area contributed by atoms with E-state index in [4.69, 9.17) is 16.3 Å². The fourth-order valence-electron chi connectivity index (χ4n) is 0.912. The molecule has 0 aliphatic rings. The maximum atomic E-state index is 5.93. The Morgan fingerprint density at radius 2 is 2.08 bits per heavy atom. The van der Waals surface area contributed by atoms with Crippen LogP contribution >= 0.6 is 11.6 Å². The first-order valence-corrected chi connectivity index (χ1v) is 4.99. The van der Waals surface area contributed by atoms with Crippen molar-refractivity contribution < 1.29 is 4.74 Å².